The van der Waals surface area contributed by atoms with Crippen molar-refractivity contribution in [1.29, 1.82) is 0 Å². The van der Waals surface area contributed by atoms with Gasteiger partial charge in [-0.1, -0.05) is 30.3 Å². The SMILES string of the molecule is O=C(NCCN1CCOCC1)c1ccc(N2CCC(Cc3ccccc3)CC2)nn1. The third kappa shape index (κ3) is 5.77. The smallest absolute Gasteiger partial charge is 0.271 e. The second-order valence-electron chi connectivity index (χ2n) is 8.11. The number of benzene rings is 1. The highest BCUT2D eigenvalue weighted by molar-refractivity contribution is 5.92. The highest BCUT2D eigenvalue weighted by Gasteiger charge is 2.21. The number of hydrogen-bond donors (Lipinski definition) is 1. The maximum absolute atomic E-state index is 12.3. The third-order valence-corrected chi connectivity index (χ3v) is 6.01. The summed E-state index contributed by atoms with van der Waals surface area (Å²) in [7, 11) is 0. The third-order valence-electron chi connectivity index (χ3n) is 6.01. The molecule has 2 aliphatic rings. The average Bonchev–Trinajstić information content (AvgIpc) is 2.81. The van der Waals surface area contributed by atoms with Crippen molar-refractivity contribution in [3.05, 3.63) is 53.7 Å². The number of nitrogens with zero attached hydrogens (tertiary/aromatic N) is 4. The van der Waals surface area contributed by atoms with Crippen molar-refractivity contribution in [1.82, 2.24) is 20.4 Å². The minimum atomic E-state index is -0.163. The first kappa shape index (κ1) is 20.8. The van der Waals surface area contributed by atoms with Gasteiger partial charge in [0.15, 0.2) is 11.5 Å². The number of morpholine rings is 1. The first-order valence-corrected chi connectivity index (χ1v) is 11.0. The van der Waals surface area contributed by atoms with E-state index >= 15 is 0 Å². The van der Waals surface area contributed by atoms with Gasteiger partial charge < -0.3 is 15.0 Å². The second-order valence-corrected chi connectivity index (χ2v) is 8.11. The van der Waals surface area contributed by atoms with E-state index in [-0.39, 0.29) is 5.91 Å². The van der Waals surface area contributed by atoms with Crippen LogP contribution in [0.4, 0.5) is 5.82 Å². The van der Waals surface area contributed by atoms with Gasteiger partial charge in [-0.3, -0.25) is 9.69 Å². The monoisotopic (exact) mass is 409 g/mol. The highest BCUT2D eigenvalue weighted by Crippen LogP contribution is 2.24. The average molecular weight is 410 g/mol. The van der Waals surface area contributed by atoms with Gasteiger partial charge >= 0.3 is 0 Å². The van der Waals surface area contributed by atoms with Crippen molar-refractivity contribution in [3.8, 4) is 0 Å². The normalized spacial score (nSPS) is 18.3. The zero-order valence-corrected chi connectivity index (χ0v) is 17.5. The number of aromatic nitrogens is 2. The summed E-state index contributed by atoms with van der Waals surface area (Å²) in [6.07, 6.45) is 3.45. The molecule has 7 heteroatoms. The van der Waals surface area contributed by atoms with Crippen LogP contribution >= 0.6 is 0 Å². The van der Waals surface area contributed by atoms with Crippen molar-refractivity contribution in [2.75, 3.05) is 57.4 Å². The van der Waals surface area contributed by atoms with E-state index in [4.69, 9.17) is 4.74 Å². The number of rotatable bonds is 7. The van der Waals surface area contributed by atoms with Crippen LogP contribution in [0.3, 0.4) is 0 Å². The number of piperidine rings is 1. The van der Waals surface area contributed by atoms with E-state index in [0.717, 1.165) is 71.0 Å². The summed E-state index contributed by atoms with van der Waals surface area (Å²) in [6.45, 7) is 6.79. The largest absolute Gasteiger partial charge is 0.379 e. The van der Waals surface area contributed by atoms with Gasteiger partial charge in [-0.15, -0.1) is 10.2 Å². The fraction of sp³-hybridized carbons (Fsp3) is 0.522. The fourth-order valence-corrected chi connectivity index (χ4v) is 4.17. The van der Waals surface area contributed by atoms with Gasteiger partial charge in [-0.2, -0.15) is 0 Å². The van der Waals surface area contributed by atoms with Crippen LogP contribution in [0, 0.1) is 5.92 Å². The molecule has 2 saturated heterocycles. The van der Waals surface area contributed by atoms with E-state index in [9.17, 15) is 4.79 Å². The maximum atomic E-state index is 12.3. The topological polar surface area (TPSA) is 70.6 Å². The van der Waals surface area contributed by atoms with E-state index in [0.29, 0.717) is 18.2 Å². The van der Waals surface area contributed by atoms with Crippen molar-refractivity contribution >= 4 is 11.7 Å². The molecule has 0 saturated carbocycles. The molecule has 0 bridgehead atoms. The lowest BCUT2D eigenvalue weighted by Gasteiger charge is -2.32. The summed E-state index contributed by atoms with van der Waals surface area (Å²) in [5, 5.41) is 11.4. The number of carbonyl (C=O) groups is 1. The predicted octanol–water partition coefficient (Wildman–Crippen LogP) is 2.00. The van der Waals surface area contributed by atoms with Gasteiger partial charge in [0.2, 0.25) is 0 Å². The lowest BCUT2D eigenvalue weighted by Crippen LogP contribution is -2.41. The molecule has 0 spiro atoms. The first-order valence-electron chi connectivity index (χ1n) is 11.0. The quantitative estimate of drug-likeness (QED) is 0.754. The Balaban J connectivity index is 1.21. The molecule has 1 aromatic heterocycles. The van der Waals surface area contributed by atoms with Crippen LogP contribution in [0.25, 0.3) is 0 Å². The molecule has 0 radical (unpaired) electrons. The van der Waals surface area contributed by atoms with Crippen LogP contribution in [0.15, 0.2) is 42.5 Å². The summed E-state index contributed by atoms with van der Waals surface area (Å²) < 4.78 is 5.34. The summed E-state index contributed by atoms with van der Waals surface area (Å²) >= 11 is 0. The minimum absolute atomic E-state index is 0.163. The maximum Gasteiger partial charge on any atom is 0.271 e. The Morgan fingerprint density at radius 2 is 1.77 bits per heavy atom. The molecule has 0 atom stereocenters. The summed E-state index contributed by atoms with van der Waals surface area (Å²) in [6, 6.07) is 14.4. The number of amides is 1. The molecule has 3 heterocycles. The molecule has 30 heavy (non-hydrogen) atoms. The van der Waals surface area contributed by atoms with Gasteiger partial charge in [-0.05, 0) is 42.9 Å². The lowest BCUT2D eigenvalue weighted by molar-refractivity contribution is 0.0383. The van der Waals surface area contributed by atoms with E-state index < -0.39 is 0 Å². The minimum Gasteiger partial charge on any atom is -0.379 e. The molecule has 160 valence electrons. The zero-order chi connectivity index (χ0) is 20.6. The molecule has 7 nitrogen and oxygen atoms in total. The Labute approximate surface area is 178 Å². The van der Waals surface area contributed by atoms with Gasteiger partial charge in [0.25, 0.3) is 5.91 Å². The summed E-state index contributed by atoms with van der Waals surface area (Å²) in [5.74, 6) is 1.41. The van der Waals surface area contributed by atoms with Gasteiger partial charge in [0, 0.05) is 39.3 Å². The molecule has 4 rings (SSSR count). The molecule has 1 aromatic carbocycles. The molecule has 0 aliphatic carbocycles. The van der Waals surface area contributed by atoms with Crippen LogP contribution in [-0.4, -0.2) is 73.5 Å². The van der Waals surface area contributed by atoms with Crippen LogP contribution in [0.1, 0.15) is 28.9 Å². The van der Waals surface area contributed by atoms with E-state index in [1.807, 2.05) is 6.07 Å². The van der Waals surface area contributed by atoms with Crippen molar-refractivity contribution in [2.24, 2.45) is 5.92 Å². The summed E-state index contributed by atoms with van der Waals surface area (Å²) in [4.78, 5) is 16.9. The van der Waals surface area contributed by atoms with E-state index in [2.05, 4.69) is 55.6 Å². The molecule has 2 aliphatic heterocycles. The number of nitrogens with one attached hydrogen (secondary N) is 1. The predicted molar refractivity (Wildman–Crippen MR) is 117 cm³/mol. The molecular formula is C23H31N5O2. The first-order chi connectivity index (χ1) is 14.8. The van der Waals surface area contributed by atoms with Crippen LogP contribution in [0.5, 0.6) is 0 Å². The van der Waals surface area contributed by atoms with Crippen molar-refractivity contribution in [2.45, 2.75) is 19.3 Å². The fourth-order valence-electron chi connectivity index (χ4n) is 4.17. The van der Waals surface area contributed by atoms with E-state index in [1.165, 1.54) is 5.56 Å². The number of carbonyl (C=O) groups excluding carboxylic acids is 1. The molecule has 2 aromatic rings. The number of anilines is 1. The van der Waals surface area contributed by atoms with Crippen LogP contribution in [-0.2, 0) is 11.2 Å². The Bertz CT molecular complexity index is 785. The molecule has 2 fully saturated rings. The highest BCUT2D eigenvalue weighted by atomic mass is 16.5. The summed E-state index contributed by atoms with van der Waals surface area (Å²) in [5.41, 5.74) is 1.79. The Morgan fingerprint density at radius 1 is 1.00 bits per heavy atom. The van der Waals surface area contributed by atoms with Gasteiger partial charge in [0.05, 0.1) is 13.2 Å². The second kappa shape index (κ2) is 10.5. The van der Waals surface area contributed by atoms with Gasteiger partial charge in [0.1, 0.15) is 0 Å². The van der Waals surface area contributed by atoms with Crippen LogP contribution in [0.2, 0.25) is 0 Å². The van der Waals surface area contributed by atoms with E-state index in [1.54, 1.807) is 6.07 Å². The van der Waals surface area contributed by atoms with Gasteiger partial charge in [-0.25, -0.2) is 0 Å². The molecular weight excluding hydrogens is 378 g/mol. The number of ether oxygens (including phenoxy) is 1. The molecule has 0 unspecified atom stereocenters. The van der Waals surface area contributed by atoms with Crippen molar-refractivity contribution in [3.63, 3.8) is 0 Å². The van der Waals surface area contributed by atoms with Crippen LogP contribution < -0.4 is 10.2 Å². The molecule has 1 amide bonds. The van der Waals surface area contributed by atoms with Crippen molar-refractivity contribution < 1.29 is 9.53 Å². The number of hydrogen-bond acceptors (Lipinski definition) is 6. The Hall–Kier alpha value is -2.51. The standard InChI is InChI=1S/C23H31N5O2/c29-23(24-10-13-27-14-16-30-17-15-27)21-6-7-22(26-25-21)28-11-8-20(9-12-28)18-19-4-2-1-3-5-19/h1-7,20H,8-18H2,(H,24,29). The molecule has 1 N–H and O–H groups in total. The lowest BCUT2D eigenvalue weighted by atomic mass is 9.90. The zero-order valence-electron chi connectivity index (χ0n) is 17.5. The Kier molecular flexibility index (Phi) is 7.26. The Morgan fingerprint density at radius 3 is 2.47 bits per heavy atom.